The molecular weight excluding hydrogens is 403 g/mol. The molecule has 0 atom stereocenters. The van der Waals surface area contributed by atoms with E-state index in [4.69, 9.17) is 6.42 Å². The van der Waals surface area contributed by atoms with Gasteiger partial charge in [0, 0.05) is 46.0 Å². The van der Waals surface area contributed by atoms with E-state index in [1.165, 1.54) is 4.57 Å². The smallest absolute Gasteiger partial charge is 0.264 e. The summed E-state index contributed by atoms with van der Waals surface area (Å²) < 4.78 is 2.97. The van der Waals surface area contributed by atoms with E-state index in [0.717, 1.165) is 5.56 Å². The standard InChI is InChI=1S/C17H15N3O2.C2H6.CH3.Y/c1-4-9-20-16-13(10-19(3)18-16)15(21)14(17(20)22)12-8-6-5-7-11(12)2;1-2;;/h1,5-8,10,21H,9H2,2-3H3;1-2H3;1H3;/q;;-1;. The average molecular weight is 427 g/mol. The summed E-state index contributed by atoms with van der Waals surface area (Å²) in [5.74, 6) is 2.41. The molecule has 6 heteroatoms. The number of pyridine rings is 1. The third-order valence-electron chi connectivity index (χ3n) is 3.68. The summed E-state index contributed by atoms with van der Waals surface area (Å²) in [4.78, 5) is 12.8. The Kier molecular flexibility index (Phi) is 9.55. The summed E-state index contributed by atoms with van der Waals surface area (Å²) in [7, 11) is 1.73. The molecular formula is C20H24N3O2Y-. The van der Waals surface area contributed by atoms with Crippen molar-refractivity contribution in [3.63, 3.8) is 0 Å². The van der Waals surface area contributed by atoms with Crippen molar-refractivity contribution in [2.24, 2.45) is 7.05 Å². The molecule has 1 N–H and O–H groups in total. The van der Waals surface area contributed by atoms with Crippen molar-refractivity contribution < 1.29 is 37.8 Å². The molecule has 0 saturated heterocycles. The predicted octanol–water partition coefficient (Wildman–Crippen LogP) is 3.52. The zero-order valence-electron chi connectivity index (χ0n) is 15.9. The molecule has 0 fully saturated rings. The van der Waals surface area contributed by atoms with Crippen LogP contribution in [0.3, 0.4) is 0 Å². The van der Waals surface area contributed by atoms with Crippen molar-refractivity contribution in [2.45, 2.75) is 27.3 Å². The van der Waals surface area contributed by atoms with Gasteiger partial charge in [0.2, 0.25) is 0 Å². The fourth-order valence-electron chi connectivity index (χ4n) is 2.64. The van der Waals surface area contributed by atoms with Gasteiger partial charge in [-0.05, 0) is 18.1 Å². The zero-order valence-corrected chi connectivity index (χ0v) is 18.8. The molecule has 1 aromatic carbocycles. The Labute approximate surface area is 179 Å². The second-order valence-corrected chi connectivity index (χ2v) is 5.17. The Morgan fingerprint density at radius 1 is 1.27 bits per heavy atom. The van der Waals surface area contributed by atoms with Crippen molar-refractivity contribution in [2.75, 3.05) is 0 Å². The molecule has 0 unspecified atom stereocenters. The third-order valence-corrected chi connectivity index (χ3v) is 3.68. The van der Waals surface area contributed by atoms with Gasteiger partial charge in [0.05, 0.1) is 17.5 Å². The normalized spacial score (nSPS) is 9.35. The SMILES string of the molecule is C#CCn1c(=O)c(-c2ccccc2C)c(O)c2cn(C)nc21.CC.[CH3-].[Y]. The summed E-state index contributed by atoms with van der Waals surface area (Å²) in [5, 5.41) is 15.3. The Morgan fingerprint density at radius 2 is 1.88 bits per heavy atom. The first-order valence-electron chi connectivity index (χ1n) is 7.83. The maximum atomic E-state index is 12.8. The molecule has 0 saturated carbocycles. The first-order chi connectivity index (χ1) is 11.5. The van der Waals surface area contributed by atoms with E-state index in [9.17, 15) is 9.90 Å². The summed E-state index contributed by atoms with van der Waals surface area (Å²) in [6.07, 6.45) is 7.06. The van der Waals surface area contributed by atoms with Crippen LogP contribution >= 0.6 is 0 Å². The van der Waals surface area contributed by atoms with Gasteiger partial charge in [-0.3, -0.25) is 14.0 Å². The number of terminal acetylenes is 1. The topological polar surface area (TPSA) is 60.1 Å². The van der Waals surface area contributed by atoms with E-state index in [1.807, 2.05) is 45.0 Å². The minimum Gasteiger partial charge on any atom is -0.506 e. The summed E-state index contributed by atoms with van der Waals surface area (Å²) in [6.45, 7) is 6.00. The molecule has 3 rings (SSSR count). The number of hydrogen-bond donors (Lipinski definition) is 1. The van der Waals surface area contributed by atoms with Crippen LogP contribution < -0.4 is 5.56 Å². The van der Waals surface area contributed by atoms with E-state index in [0.29, 0.717) is 16.6 Å². The average Bonchev–Trinajstić information content (AvgIpc) is 2.97. The van der Waals surface area contributed by atoms with Crippen LogP contribution in [-0.4, -0.2) is 19.5 Å². The molecule has 1 radical (unpaired) electrons. The molecule has 0 aliphatic heterocycles. The van der Waals surface area contributed by atoms with Gasteiger partial charge < -0.3 is 12.5 Å². The minimum absolute atomic E-state index is 0. The van der Waals surface area contributed by atoms with Gasteiger partial charge in [-0.25, -0.2) is 0 Å². The molecule has 0 aliphatic carbocycles. The Morgan fingerprint density at radius 3 is 2.46 bits per heavy atom. The number of benzene rings is 1. The van der Waals surface area contributed by atoms with Crippen LogP contribution in [0.25, 0.3) is 22.2 Å². The zero-order chi connectivity index (χ0) is 17.9. The van der Waals surface area contributed by atoms with Crippen LogP contribution in [-0.2, 0) is 46.3 Å². The van der Waals surface area contributed by atoms with Gasteiger partial charge in [0.25, 0.3) is 5.56 Å². The number of rotatable bonds is 2. The van der Waals surface area contributed by atoms with E-state index < -0.39 is 0 Å². The number of aromatic hydroxyl groups is 1. The molecule has 0 spiro atoms. The summed E-state index contributed by atoms with van der Waals surface area (Å²) in [6, 6.07) is 7.43. The molecule has 135 valence electrons. The number of fused-ring (bicyclic) bond motifs is 1. The number of hydrogen-bond acceptors (Lipinski definition) is 3. The second kappa shape index (κ2) is 10.3. The summed E-state index contributed by atoms with van der Waals surface area (Å²) in [5.41, 5.74) is 1.91. The van der Waals surface area contributed by atoms with Crippen LogP contribution in [0.4, 0.5) is 0 Å². The molecule has 2 heterocycles. The van der Waals surface area contributed by atoms with Crippen molar-refractivity contribution in [3.8, 4) is 29.2 Å². The van der Waals surface area contributed by atoms with Crippen LogP contribution in [0, 0.1) is 26.7 Å². The predicted molar refractivity (Wildman–Crippen MR) is 103 cm³/mol. The largest absolute Gasteiger partial charge is 0.506 e. The van der Waals surface area contributed by atoms with Crippen LogP contribution in [0.15, 0.2) is 35.3 Å². The fourth-order valence-corrected chi connectivity index (χ4v) is 2.64. The number of aryl methyl sites for hydroxylation is 2. The summed E-state index contributed by atoms with van der Waals surface area (Å²) >= 11 is 0. The molecule has 2 aromatic heterocycles. The van der Waals surface area contributed by atoms with E-state index in [-0.39, 0.29) is 63.6 Å². The van der Waals surface area contributed by atoms with E-state index in [2.05, 4.69) is 11.0 Å². The molecule has 0 bridgehead atoms. The van der Waals surface area contributed by atoms with Crippen molar-refractivity contribution in [3.05, 3.63) is 53.8 Å². The molecule has 0 aliphatic rings. The van der Waals surface area contributed by atoms with Crippen LogP contribution in [0.1, 0.15) is 19.4 Å². The fraction of sp³-hybridized carbons (Fsp3) is 0.250. The first-order valence-corrected chi connectivity index (χ1v) is 7.83. The van der Waals surface area contributed by atoms with Crippen LogP contribution in [0.2, 0.25) is 0 Å². The molecule has 3 aromatic rings. The quantitative estimate of drug-likeness (QED) is 0.503. The maximum Gasteiger partial charge on any atom is 0.264 e. The van der Waals surface area contributed by atoms with Crippen molar-refractivity contribution in [1.29, 1.82) is 0 Å². The van der Waals surface area contributed by atoms with Gasteiger partial charge in [0.1, 0.15) is 5.75 Å². The molecule has 0 amide bonds. The van der Waals surface area contributed by atoms with E-state index in [1.54, 1.807) is 17.9 Å². The van der Waals surface area contributed by atoms with Crippen molar-refractivity contribution >= 4 is 11.0 Å². The Hall–Kier alpha value is -1.90. The van der Waals surface area contributed by atoms with Crippen molar-refractivity contribution in [1.82, 2.24) is 14.3 Å². The first kappa shape index (κ1) is 24.1. The van der Waals surface area contributed by atoms with Gasteiger partial charge in [-0.2, -0.15) is 5.10 Å². The Balaban J connectivity index is 0.00000151. The molecule has 5 nitrogen and oxygen atoms in total. The second-order valence-electron chi connectivity index (χ2n) is 5.17. The number of nitrogens with zero attached hydrogens (tertiary/aromatic N) is 3. The van der Waals surface area contributed by atoms with E-state index >= 15 is 0 Å². The monoisotopic (exact) mass is 427 g/mol. The third kappa shape index (κ3) is 4.25. The Bertz CT molecular complexity index is 981. The van der Waals surface area contributed by atoms with Gasteiger partial charge in [-0.15, -0.1) is 6.42 Å². The number of aromatic nitrogens is 3. The van der Waals surface area contributed by atoms with Gasteiger partial charge in [-0.1, -0.05) is 44.0 Å². The van der Waals surface area contributed by atoms with Gasteiger partial charge >= 0.3 is 0 Å². The molecule has 26 heavy (non-hydrogen) atoms. The van der Waals surface area contributed by atoms with Gasteiger partial charge in [0.15, 0.2) is 5.65 Å². The van der Waals surface area contributed by atoms with Crippen LogP contribution in [0.5, 0.6) is 5.75 Å². The maximum absolute atomic E-state index is 12.8. The minimum atomic E-state index is -0.337.